The van der Waals surface area contributed by atoms with Crippen molar-refractivity contribution in [3.63, 3.8) is 0 Å². The van der Waals surface area contributed by atoms with Gasteiger partial charge in [0.2, 0.25) is 0 Å². The standard InChI is InChI=1S/C11H12ClFN2O2/c1-3-17-11(16)7(2)14-15-10-6-8(12)4-5-9(10)13/h4-6,15H,3H2,1-2H3. The Hall–Kier alpha value is -1.62. The van der Waals surface area contributed by atoms with Crippen molar-refractivity contribution in [2.75, 3.05) is 12.0 Å². The van der Waals surface area contributed by atoms with Crippen molar-refractivity contribution in [1.29, 1.82) is 0 Å². The Morgan fingerprint density at radius 2 is 2.29 bits per heavy atom. The van der Waals surface area contributed by atoms with Crippen molar-refractivity contribution in [2.45, 2.75) is 13.8 Å². The molecule has 0 saturated heterocycles. The molecule has 0 spiro atoms. The molecule has 0 unspecified atom stereocenters. The van der Waals surface area contributed by atoms with E-state index in [1.165, 1.54) is 25.1 Å². The molecule has 17 heavy (non-hydrogen) atoms. The number of hydrogen-bond acceptors (Lipinski definition) is 4. The van der Waals surface area contributed by atoms with E-state index in [9.17, 15) is 9.18 Å². The molecular weight excluding hydrogens is 247 g/mol. The number of hydrazone groups is 1. The molecule has 6 heteroatoms. The van der Waals surface area contributed by atoms with E-state index in [2.05, 4.69) is 10.5 Å². The highest BCUT2D eigenvalue weighted by molar-refractivity contribution is 6.35. The lowest BCUT2D eigenvalue weighted by Gasteiger charge is -2.04. The number of hydrogen-bond donors (Lipinski definition) is 1. The van der Waals surface area contributed by atoms with Gasteiger partial charge in [0, 0.05) is 5.02 Å². The number of halogens is 2. The molecule has 1 rings (SSSR count). The van der Waals surface area contributed by atoms with Crippen molar-refractivity contribution < 1.29 is 13.9 Å². The summed E-state index contributed by atoms with van der Waals surface area (Å²) < 4.78 is 18.0. The van der Waals surface area contributed by atoms with E-state index in [1.807, 2.05) is 0 Å². The molecule has 0 atom stereocenters. The maximum Gasteiger partial charge on any atom is 0.354 e. The topological polar surface area (TPSA) is 50.7 Å². The number of anilines is 1. The second kappa shape index (κ2) is 6.20. The number of carbonyl (C=O) groups excluding carboxylic acids is 1. The second-order valence-corrected chi connectivity index (χ2v) is 3.59. The summed E-state index contributed by atoms with van der Waals surface area (Å²) in [7, 11) is 0. The van der Waals surface area contributed by atoms with E-state index in [4.69, 9.17) is 16.3 Å². The molecule has 0 aliphatic rings. The van der Waals surface area contributed by atoms with Crippen molar-refractivity contribution in [1.82, 2.24) is 0 Å². The van der Waals surface area contributed by atoms with Crippen LogP contribution in [0.2, 0.25) is 5.02 Å². The monoisotopic (exact) mass is 258 g/mol. The van der Waals surface area contributed by atoms with Crippen molar-refractivity contribution in [3.8, 4) is 0 Å². The molecule has 4 nitrogen and oxygen atoms in total. The minimum absolute atomic E-state index is 0.0983. The molecule has 0 radical (unpaired) electrons. The summed E-state index contributed by atoms with van der Waals surface area (Å²) in [6.45, 7) is 3.42. The Labute approximate surface area is 103 Å². The van der Waals surface area contributed by atoms with Crippen LogP contribution in [0.5, 0.6) is 0 Å². The Bertz CT molecular complexity index is 449. The van der Waals surface area contributed by atoms with Crippen LogP contribution in [0, 0.1) is 5.82 Å². The quantitative estimate of drug-likeness (QED) is 0.513. The smallest absolute Gasteiger partial charge is 0.354 e. The van der Waals surface area contributed by atoms with Gasteiger partial charge < -0.3 is 4.74 Å². The second-order valence-electron chi connectivity index (χ2n) is 3.15. The first-order valence-corrected chi connectivity index (χ1v) is 5.35. The number of carbonyl (C=O) groups is 1. The summed E-state index contributed by atoms with van der Waals surface area (Å²) in [6.07, 6.45) is 0. The van der Waals surface area contributed by atoms with Crippen LogP contribution < -0.4 is 5.43 Å². The van der Waals surface area contributed by atoms with Gasteiger partial charge in [-0.15, -0.1) is 0 Å². The van der Waals surface area contributed by atoms with Gasteiger partial charge in [0.25, 0.3) is 0 Å². The summed E-state index contributed by atoms with van der Waals surface area (Å²) in [5, 5.41) is 4.08. The highest BCUT2D eigenvalue weighted by Gasteiger charge is 2.07. The normalized spacial score (nSPS) is 11.2. The minimum Gasteiger partial charge on any atom is -0.461 e. The molecule has 0 aromatic heterocycles. The maximum atomic E-state index is 13.3. The molecule has 0 saturated carbocycles. The van der Waals surface area contributed by atoms with Crippen molar-refractivity contribution in [3.05, 3.63) is 29.0 Å². The van der Waals surface area contributed by atoms with E-state index >= 15 is 0 Å². The molecular formula is C11H12ClFN2O2. The lowest BCUT2D eigenvalue weighted by molar-refractivity contribution is -0.135. The van der Waals surface area contributed by atoms with Gasteiger partial charge in [-0.3, -0.25) is 5.43 Å². The number of nitrogens with one attached hydrogen (secondary N) is 1. The molecule has 0 fully saturated rings. The van der Waals surface area contributed by atoms with Gasteiger partial charge >= 0.3 is 5.97 Å². The molecule has 0 amide bonds. The predicted octanol–water partition coefficient (Wildman–Crippen LogP) is 2.83. The summed E-state index contributed by atoms with van der Waals surface area (Å²) in [6, 6.07) is 4.00. The summed E-state index contributed by atoms with van der Waals surface area (Å²) in [5.41, 5.74) is 2.62. The van der Waals surface area contributed by atoms with E-state index in [-0.39, 0.29) is 18.0 Å². The third-order valence-corrected chi connectivity index (χ3v) is 2.08. The highest BCUT2D eigenvalue weighted by atomic mass is 35.5. The number of benzene rings is 1. The first kappa shape index (κ1) is 13.4. The van der Waals surface area contributed by atoms with Gasteiger partial charge in [-0.2, -0.15) is 5.10 Å². The van der Waals surface area contributed by atoms with E-state index < -0.39 is 11.8 Å². The molecule has 0 heterocycles. The molecule has 0 aliphatic heterocycles. The first-order chi connectivity index (χ1) is 8.04. The Balaban J connectivity index is 2.75. The zero-order valence-corrected chi connectivity index (χ0v) is 10.2. The Morgan fingerprint density at radius 1 is 1.59 bits per heavy atom. The van der Waals surface area contributed by atoms with E-state index in [1.54, 1.807) is 6.92 Å². The van der Waals surface area contributed by atoms with Crippen LogP contribution in [0.1, 0.15) is 13.8 Å². The van der Waals surface area contributed by atoms with Gasteiger partial charge in [-0.05, 0) is 32.0 Å². The average molecular weight is 259 g/mol. The Kier molecular flexibility index (Phi) is 4.90. The fourth-order valence-corrected chi connectivity index (χ4v) is 1.18. The van der Waals surface area contributed by atoms with Crippen LogP contribution >= 0.6 is 11.6 Å². The van der Waals surface area contributed by atoms with Crippen molar-refractivity contribution in [2.24, 2.45) is 5.10 Å². The van der Waals surface area contributed by atoms with Crippen LogP contribution in [-0.4, -0.2) is 18.3 Å². The number of ether oxygens (including phenoxy) is 1. The molecule has 0 bridgehead atoms. The predicted molar refractivity (Wildman–Crippen MR) is 64.8 cm³/mol. The van der Waals surface area contributed by atoms with Crippen LogP contribution in [0.3, 0.4) is 0 Å². The molecule has 1 aromatic carbocycles. The van der Waals surface area contributed by atoms with Crippen LogP contribution in [0.4, 0.5) is 10.1 Å². The third kappa shape index (κ3) is 4.03. The van der Waals surface area contributed by atoms with Gasteiger partial charge in [-0.25, -0.2) is 9.18 Å². The summed E-state index contributed by atoms with van der Waals surface area (Å²) >= 11 is 5.70. The van der Waals surface area contributed by atoms with E-state index in [0.717, 1.165) is 0 Å². The lowest BCUT2D eigenvalue weighted by Crippen LogP contribution is -2.15. The largest absolute Gasteiger partial charge is 0.461 e. The summed E-state index contributed by atoms with van der Waals surface area (Å²) in [4.78, 5) is 11.2. The number of rotatable bonds is 4. The van der Waals surface area contributed by atoms with Gasteiger partial charge in [0.1, 0.15) is 11.5 Å². The minimum atomic E-state index is -0.553. The molecule has 0 aliphatic carbocycles. The SMILES string of the molecule is CCOC(=O)C(C)=NNc1cc(Cl)ccc1F. The summed E-state index contributed by atoms with van der Waals surface area (Å²) in [5.74, 6) is -1.06. The van der Waals surface area contributed by atoms with Crippen LogP contribution in [-0.2, 0) is 9.53 Å². The zero-order valence-electron chi connectivity index (χ0n) is 9.46. The Morgan fingerprint density at radius 3 is 2.94 bits per heavy atom. The highest BCUT2D eigenvalue weighted by Crippen LogP contribution is 2.19. The van der Waals surface area contributed by atoms with Crippen LogP contribution in [0.15, 0.2) is 23.3 Å². The fraction of sp³-hybridized carbons (Fsp3) is 0.273. The number of esters is 1. The maximum absolute atomic E-state index is 13.3. The first-order valence-electron chi connectivity index (χ1n) is 4.97. The van der Waals surface area contributed by atoms with Gasteiger partial charge in [-0.1, -0.05) is 11.6 Å². The van der Waals surface area contributed by atoms with Gasteiger partial charge in [0.05, 0.1) is 12.3 Å². The third-order valence-electron chi connectivity index (χ3n) is 1.84. The molecule has 92 valence electrons. The van der Waals surface area contributed by atoms with E-state index in [0.29, 0.717) is 5.02 Å². The lowest BCUT2D eigenvalue weighted by atomic mass is 10.3. The number of nitrogens with zero attached hydrogens (tertiary/aromatic N) is 1. The molecule has 1 N–H and O–H groups in total. The zero-order chi connectivity index (χ0) is 12.8. The van der Waals surface area contributed by atoms with Crippen molar-refractivity contribution >= 4 is 29.0 Å². The fourth-order valence-electron chi connectivity index (χ4n) is 1.01. The molecule has 1 aromatic rings. The van der Waals surface area contributed by atoms with Crippen LogP contribution in [0.25, 0.3) is 0 Å². The van der Waals surface area contributed by atoms with Gasteiger partial charge in [0.15, 0.2) is 0 Å². The average Bonchev–Trinajstić information content (AvgIpc) is 2.30.